The van der Waals surface area contributed by atoms with Crippen LogP contribution in [-0.4, -0.2) is 0 Å². The van der Waals surface area contributed by atoms with Gasteiger partial charge in [0.25, 0.3) is 0 Å². The lowest BCUT2D eigenvalue weighted by molar-refractivity contribution is 1.48. The van der Waals surface area contributed by atoms with Crippen LogP contribution >= 0.6 is 27.3 Å². The van der Waals surface area contributed by atoms with Crippen LogP contribution < -0.4 is 0 Å². The zero-order valence-electron chi connectivity index (χ0n) is 6.97. The van der Waals surface area contributed by atoms with Gasteiger partial charge < -0.3 is 0 Å². The molecule has 2 rings (SSSR count). The Kier molecular flexibility index (Phi) is 2.10. The smallest absolute Gasteiger partial charge is 0.101 e. The highest BCUT2D eigenvalue weighted by atomic mass is 79.9. The van der Waals surface area contributed by atoms with Gasteiger partial charge in [-0.2, -0.15) is 5.26 Å². The molecule has 1 aromatic carbocycles. The molecule has 0 bridgehead atoms. The van der Waals surface area contributed by atoms with E-state index in [9.17, 15) is 0 Å². The van der Waals surface area contributed by atoms with E-state index in [0.29, 0.717) is 0 Å². The molecule has 0 atom stereocenters. The number of nitrogens with zero attached hydrogens (tertiary/aromatic N) is 1. The normalized spacial score (nSPS) is 10.2. The number of aryl methyl sites for hydroxylation is 1. The van der Waals surface area contributed by atoms with Crippen LogP contribution in [0.25, 0.3) is 10.1 Å². The molecule has 0 aliphatic heterocycles. The van der Waals surface area contributed by atoms with Crippen molar-refractivity contribution in [3.05, 3.63) is 33.1 Å². The summed E-state index contributed by atoms with van der Waals surface area (Å²) in [4.78, 5) is 1.09. The van der Waals surface area contributed by atoms with Gasteiger partial charge in [-0.25, -0.2) is 0 Å². The molecule has 3 heteroatoms. The molecule has 0 N–H and O–H groups in total. The molecule has 1 nitrogen and oxygen atoms in total. The van der Waals surface area contributed by atoms with E-state index in [-0.39, 0.29) is 0 Å². The van der Waals surface area contributed by atoms with Crippen molar-refractivity contribution in [2.75, 3.05) is 0 Å². The van der Waals surface area contributed by atoms with Gasteiger partial charge in [-0.3, -0.25) is 0 Å². The first kappa shape index (κ1) is 8.74. The number of thiophene rings is 1. The van der Waals surface area contributed by atoms with E-state index in [0.717, 1.165) is 20.3 Å². The molecule has 13 heavy (non-hydrogen) atoms. The van der Waals surface area contributed by atoms with Gasteiger partial charge in [-0.1, -0.05) is 15.9 Å². The van der Waals surface area contributed by atoms with E-state index in [4.69, 9.17) is 5.26 Å². The van der Waals surface area contributed by atoms with Crippen LogP contribution in [0, 0.1) is 18.3 Å². The van der Waals surface area contributed by atoms with Gasteiger partial charge in [0.15, 0.2) is 0 Å². The highest BCUT2D eigenvalue weighted by molar-refractivity contribution is 9.10. The maximum absolute atomic E-state index is 8.94. The maximum atomic E-state index is 8.94. The van der Waals surface area contributed by atoms with Crippen molar-refractivity contribution < 1.29 is 0 Å². The predicted octanol–water partition coefficient (Wildman–Crippen LogP) is 3.84. The van der Waals surface area contributed by atoms with Crippen LogP contribution in [0.5, 0.6) is 0 Å². The van der Waals surface area contributed by atoms with Gasteiger partial charge >= 0.3 is 0 Å². The lowest BCUT2D eigenvalue weighted by Gasteiger charge is -1.90. The Hall–Kier alpha value is -0.850. The summed E-state index contributed by atoms with van der Waals surface area (Å²) in [5, 5.41) is 9.99. The molecule has 1 heterocycles. The third-order valence-corrected chi connectivity index (χ3v) is 3.52. The summed E-state index contributed by atoms with van der Waals surface area (Å²) < 4.78 is 2.20. The first-order valence-corrected chi connectivity index (χ1v) is 5.42. The Morgan fingerprint density at radius 2 is 2.23 bits per heavy atom. The number of hydrogen-bond donors (Lipinski definition) is 0. The summed E-state index contributed by atoms with van der Waals surface area (Å²) in [6.45, 7) is 1.98. The molecular weight excluding hydrogens is 246 g/mol. The van der Waals surface area contributed by atoms with Gasteiger partial charge in [0.05, 0.1) is 5.56 Å². The minimum atomic E-state index is 0.807. The molecular formula is C10H6BrNS. The van der Waals surface area contributed by atoms with Gasteiger partial charge in [0.2, 0.25) is 0 Å². The first-order chi connectivity index (χ1) is 6.22. The van der Waals surface area contributed by atoms with E-state index < -0.39 is 0 Å². The summed E-state index contributed by atoms with van der Waals surface area (Å²) >= 11 is 5.07. The largest absolute Gasteiger partial charge is 0.192 e. The average Bonchev–Trinajstić information content (AvgIpc) is 2.40. The van der Waals surface area contributed by atoms with E-state index in [2.05, 4.69) is 22.0 Å². The fourth-order valence-corrected chi connectivity index (χ4v) is 2.69. The highest BCUT2D eigenvalue weighted by Gasteiger charge is 2.07. The monoisotopic (exact) mass is 251 g/mol. The van der Waals surface area contributed by atoms with Crippen molar-refractivity contribution in [2.24, 2.45) is 0 Å². The Bertz CT molecular complexity index is 507. The zero-order valence-corrected chi connectivity index (χ0v) is 9.37. The predicted molar refractivity (Wildman–Crippen MR) is 59.0 cm³/mol. The summed E-state index contributed by atoms with van der Waals surface area (Å²) in [7, 11) is 0. The van der Waals surface area contributed by atoms with Crippen molar-refractivity contribution >= 4 is 37.4 Å². The molecule has 0 unspecified atom stereocenters. The molecule has 0 fully saturated rings. The lowest BCUT2D eigenvalue weighted by Crippen LogP contribution is -1.72. The highest BCUT2D eigenvalue weighted by Crippen LogP contribution is 2.31. The third-order valence-electron chi connectivity index (χ3n) is 1.94. The molecule has 2 aromatic rings. The quantitative estimate of drug-likeness (QED) is 0.698. The molecule has 0 saturated heterocycles. The fourth-order valence-electron chi connectivity index (χ4n) is 1.33. The van der Waals surface area contributed by atoms with E-state index >= 15 is 0 Å². The molecule has 0 spiro atoms. The fraction of sp³-hybridized carbons (Fsp3) is 0.100. The number of fused-ring (bicyclic) bond motifs is 1. The maximum Gasteiger partial charge on any atom is 0.101 e. The molecule has 0 aliphatic carbocycles. The van der Waals surface area contributed by atoms with Crippen LogP contribution in [0.15, 0.2) is 22.7 Å². The molecule has 0 saturated carbocycles. The number of hydrogen-bond acceptors (Lipinski definition) is 2. The van der Waals surface area contributed by atoms with Crippen LogP contribution in [0.3, 0.4) is 0 Å². The second-order valence-corrected chi connectivity index (χ2v) is 4.96. The first-order valence-electron chi connectivity index (χ1n) is 3.81. The lowest BCUT2D eigenvalue weighted by atomic mass is 10.1. The molecule has 0 amide bonds. The molecule has 0 aliphatic rings. The van der Waals surface area contributed by atoms with Crippen molar-refractivity contribution in [2.45, 2.75) is 6.92 Å². The van der Waals surface area contributed by atoms with Crippen molar-refractivity contribution in [3.8, 4) is 6.07 Å². The van der Waals surface area contributed by atoms with Crippen molar-refractivity contribution in [1.29, 1.82) is 5.26 Å². The van der Waals surface area contributed by atoms with Crippen molar-refractivity contribution in [3.63, 3.8) is 0 Å². The van der Waals surface area contributed by atoms with E-state index in [1.54, 1.807) is 11.3 Å². The third kappa shape index (κ3) is 1.37. The number of nitriles is 1. The number of benzene rings is 1. The van der Waals surface area contributed by atoms with Crippen LogP contribution in [-0.2, 0) is 0 Å². The second-order valence-electron chi connectivity index (χ2n) is 2.79. The van der Waals surface area contributed by atoms with Gasteiger partial charge in [-0.05, 0) is 25.1 Å². The summed E-state index contributed by atoms with van der Waals surface area (Å²) in [5.74, 6) is 0. The Morgan fingerprint density at radius 3 is 2.92 bits per heavy atom. The second kappa shape index (κ2) is 3.13. The average molecular weight is 252 g/mol. The van der Waals surface area contributed by atoms with E-state index in [1.807, 2.05) is 25.1 Å². The summed E-state index contributed by atoms with van der Waals surface area (Å²) in [6.07, 6.45) is 0. The number of rotatable bonds is 0. The van der Waals surface area contributed by atoms with Gasteiger partial charge in [0, 0.05) is 19.4 Å². The minimum Gasteiger partial charge on any atom is -0.192 e. The van der Waals surface area contributed by atoms with Crippen molar-refractivity contribution in [1.82, 2.24) is 0 Å². The Morgan fingerprint density at radius 1 is 1.46 bits per heavy atom. The minimum absolute atomic E-state index is 0.807. The molecule has 64 valence electrons. The Balaban J connectivity index is 2.91. The zero-order chi connectivity index (χ0) is 9.42. The van der Waals surface area contributed by atoms with Crippen LogP contribution in [0.1, 0.15) is 10.4 Å². The Labute approximate surface area is 88.7 Å². The van der Waals surface area contributed by atoms with E-state index in [1.165, 1.54) is 4.70 Å². The van der Waals surface area contributed by atoms with Gasteiger partial charge in [-0.15, -0.1) is 11.3 Å². The molecule has 1 aromatic heterocycles. The van der Waals surface area contributed by atoms with Crippen LogP contribution in [0.4, 0.5) is 0 Å². The number of halogens is 1. The molecule has 0 radical (unpaired) electrons. The van der Waals surface area contributed by atoms with Gasteiger partial charge in [0.1, 0.15) is 6.07 Å². The van der Waals surface area contributed by atoms with Crippen LogP contribution in [0.2, 0.25) is 0 Å². The summed E-state index contributed by atoms with van der Waals surface area (Å²) in [6, 6.07) is 8.27. The SMILES string of the molecule is Cc1sc2ccc(Br)cc2c1C#N. The standard InChI is InChI=1S/C10H6BrNS/c1-6-9(5-12)8-4-7(11)2-3-10(8)13-6/h2-4H,1H3. The topological polar surface area (TPSA) is 23.8 Å². The summed E-state index contributed by atoms with van der Waals surface area (Å²) in [5.41, 5.74) is 0.807.